The minimum Gasteiger partial charge on any atom is -0.491 e. The van der Waals surface area contributed by atoms with Gasteiger partial charge in [0.05, 0.1) is 6.61 Å². The van der Waals surface area contributed by atoms with E-state index in [-0.39, 0.29) is 19.3 Å². The Balaban J connectivity index is 2.06. The van der Waals surface area contributed by atoms with Crippen molar-refractivity contribution in [3.63, 3.8) is 0 Å². The Kier molecular flexibility index (Phi) is 4.73. The zero-order valence-electron chi connectivity index (χ0n) is 12.9. The number of aliphatic hydroxyl groups is 1. The molecule has 0 atom stereocenters. The predicted octanol–water partition coefficient (Wildman–Crippen LogP) is 2.35. The number of carbonyl (C=O) groups is 1. The summed E-state index contributed by atoms with van der Waals surface area (Å²) in [6.07, 6.45) is 0.532. The van der Waals surface area contributed by atoms with E-state index in [4.69, 9.17) is 14.6 Å². The molecule has 116 valence electrons. The predicted molar refractivity (Wildman–Crippen MR) is 79.4 cm³/mol. The van der Waals surface area contributed by atoms with Crippen LogP contribution >= 0.6 is 0 Å². The SMILES string of the molecule is CC(C)(C)OC(=O)N1CCc2ccc(OCCO)cc2C1. The van der Waals surface area contributed by atoms with Gasteiger partial charge in [-0.25, -0.2) is 4.79 Å². The number of ether oxygens (including phenoxy) is 2. The zero-order chi connectivity index (χ0) is 15.5. The van der Waals surface area contributed by atoms with Crippen LogP contribution in [0, 0.1) is 0 Å². The number of carbonyl (C=O) groups excluding carboxylic acids is 1. The van der Waals surface area contributed by atoms with Gasteiger partial charge in [-0.15, -0.1) is 0 Å². The van der Waals surface area contributed by atoms with Crippen LogP contribution < -0.4 is 4.74 Å². The fourth-order valence-electron chi connectivity index (χ4n) is 2.27. The van der Waals surface area contributed by atoms with Crippen molar-refractivity contribution in [2.45, 2.75) is 39.3 Å². The Morgan fingerprint density at radius 1 is 1.33 bits per heavy atom. The van der Waals surface area contributed by atoms with Gasteiger partial charge >= 0.3 is 6.09 Å². The molecule has 21 heavy (non-hydrogen) atoms. The number of nitrogens with zero attached hydrogens (tertiary/aromatic N) is 1. The second-order valence-electron chi connectivity index (χ2n) is 6.15. The molecule has 1 aromatic rings. The first-order valence-corrected chi connectivity index (χ1v) is 7.22. The van der Waals surface area contributed by atoms with Gasteiger partial charge in [-0.1, -0.05) is 6.07 Å². The molecule has 1 N–H and O–H groups in total. The molecule has 1 amide bonds. The van der Waals surface area contributed by atoms with Crippen molar-refractivity contribution in [2.24, 2.45) is 0 Å². The van der Waals surface area contributed by atoms with Crippen LogP contribution in [0.15, 0.2) is 18.2 Å². The number of rotatable bonds is 3. The normalized spacial score (nSPS) is 14.6. The highest BCUT2D eigenvalue weighted by Gasteiger charge is 2.25. The Morgan fingerprint density at radius 2 is 2.10 bits per heavy atom. The Bertz CT molecular complexity index is 507. The molecule has 0 aromatic heterocycles. The molecular formula is C16H23NO4. The molecule has 0 spiro atoms. The summed E-state index contributed by atoms with van der Waals surface area (Å²) in [6, 6.07) is 5.85. The highest BCUT2D eigenvalue weighted by Crippen LogP contribution is 2.25. The Hall–Kier alpha value is -1.75. The summed E-state index contributed by atoms with van der Waals surface area (Å²) in [6.45, 7) is 7.05. The molecule has 1 heterocycles. The van der Waals surface area contributed by atoms with Crippen molar-refractivity contribution in [3.05, 3.63) is 29.3 Å². The molecule has 0 unspecified atom stereocenters. The smallest absolute Gasteiger partial charge is 0.410 e. The fraction of sp³-hybridized carbons (Fsp3) is 0.562. The van der Waals surface area contributed by atoms with Crippen LogP contribution in [-0.2, 0) is 17.7 Å². The van der Waals surface area contributed by atoms with E-state index in [0.29, 0.717) is 18.8 Å². The van der Waals surface area contributed by atoms with Crippen molar-refractivity contribution in [1.29, 1.82) is 0 Å². The van der Waals surface area contributed by atoms with Crippen LogP contribution in [0.4, 0.5) is 4.79 Å². The third-order valence-corrected chi connectivity index (χ3v) is 3.20. The molecule has 0 radical (unpaired) electrons. The van der Waals surface area contributed by atoms with E-state index in [2.05, 4.69) is 0 Å². The Morgan fingerprint density at radius 3 is 2.76 bits per heavy atom. The molecule has 0 fully saturated rings. The summed E-state index contributed by atoms with van der Waals surface area (Å²) in [5.74, 6) is 0.717. The molecule has 1 aliphatic rings. The lowest BCUT2D eigenvalue weighted by molar-refractivity contribution is 0.0223. The third-order valence-electron chi connectivity index (χ3n) is 3.20. The minimum absolute atomic E-state index is 0.0128. The maximum absolute atomic E-state index is 12.1. The average molecular weight is 293 g/mol. The first kappa shape index (κ1) is 15.6. The van der Waals surface area contributed by atoms with E-state index >= 15 is 0 Å². The fourth-order valence-corrected chi connectivity index (χ4v) is 2.27. The van der Waals surface area contributed by atoms with Gasteiger partial charge in [0.15, 0.2) is 0 Å². The van der Waals surface area contributed by atoms with Crippen LogP contribution in [0.25, 0.3) is 0 Å². The van der Waals surface area contributed by atoms with E-state index in [9.17, 15) is 4.79 Å². The number of amides is 1. The van der Waals surface area contributed by atoms with Gasteiger partial charge in [-0.05, 0) is 50.5 Å². The van der Waals surface area contributed by atoms with Crippen molar-refractivity contribution < 1.29 is 19.4 Å². The van der Waals surface area contributed by atoms with Crippen molar-refractivity contribution in [2.75, 3.05) is 19.8 Å². The van der Waals surface area contributed by atoms with Gasteiger partial charge in [0.1, 0.15) is 18.0 Å². The van der Waals surface area contributed by atoms with Crippen LogP contribution in [-0.4, -0.2) is 41.5 Å². The van der Waals surface area contributed by atoms with Crippen LogP contribution in [0.3, 0.4) is 0 Å². The third kappa shape index (κ3) is 4.36. The van der Waals surface area contributed by atoms with Crippen molar-refractivity contribution in [3.8, 4) is 5.75 Å². The second kappa shape index (κ2) is 6.35. The molecular weight excluding hydrogens is 270 g/mol. The quantitative estimate of drug-likeness (QED) is 0.929. The summed E-state index contributed by atoms with van der Waals surface area (Å²) >= 11 is 0. The minimum atomic E-state index is -0.483. The highest BCUT2D eigenvalue weighted by molar-refractivity contribution is 5.68. The van der Waals surface area contributed by atoms with Crippen molar-refractivity contribution in [1.82, 2.24) is 4.90 Å². The molecule has 1 aliphatic heterocycles. The maximum Gasteiger partial charge on any atom is 0.410 e. The molecule has 0 saturated heterocycles. The van der Waals surface area contributed by atoms with E-state index in [1.807, 2.05) is 39.0 Å². The van der Waals surface area contributed by atoms with E-state index in [0.717, 1.165) is 12.0 Å². The van der Waals surface area contributed by atoms with Gasteiger partial charge < -0.3 is 19.5 Å². The van der Waals surface area contributed by atoms with Crippen LogP contribution in [0.5, 0.6) is 5.75 Å². The summed E-state index contributed by atoms with van der Waals surface area (Å²) in [4.78, 5) is 13.8. The molecule has 1 aromatic carbocycles. The topological polar surface area (TPSA) is 59.0 Å². The number of fused-ring (bicyclic) bond motifs is 1. The second-order valence-corrected chi connectivity index (χ2v) is 6.15. The molecule has 2 rings (SSSR count). The van der Waals surface area contributed by atoms with Gasteiger partial charge in [0.25, 0.3) is 0 Å². The first-order valence-electron chi connectivity index (χ1n) is 7.22. The summed E-state index contributed by atoms with van der Waals surface area (Å²) < 4.78 is 10.8. The summed E-state index contributed by atoms with van der Waals surface area (Å²) in [5, 5.41) is 8.79. The van der Waals surface area contributed by atoms with Gasteiger partial charge in [0.2, 0.25) is 0 Å². The molecule has 0 aliphatic carbocycles. The van der Waals surface area contributed by atoms with Crippen molar-refractivity contribution >= 4 is 6.09 Å². The highest BCUT2D eigenvalue weighted by atomic mass is 16.6. The zero-order valence-corrected chi connectivity index (χ0v) is 12.9. The monoisotopic (exact) mass is 293 g/mol. The van der Waals surface area contributed by atoms with E-state index in [1.54, 1.807) is 4.90 Å². The molecule has 5 nitrogen and oxygen atoms in total. The average Bonchev–Trinajstić information content (AvgIpc) is 2.42. The number of hydrogen-bond acceptors (Lipinski definition) is 4. The van der Waals surface area contributed by atoms with Gasteiger partial charge in [0, 0.05) is 13.1 Å². The lowest BCUT2D eigenvalue weighted by atomic mass is 10.00. The van der Waals surface area contributed by atoms with Crippen LogP contribution in [0.2, 0.25) is 0 Å². The molecule has 0 bridgehead atoms. The lowest BCUT2D eigenvalue weighted by Crippen LogP contribution is -2.39. The van der Waals surface area contributed by atoms with Gasteiger partial charge in [-0.2, -0.15) is 0 Å². The van der Waals surface area contributed by atoms with Gasteiger partial charge in [-0.3, -0.25) is 0 Å². The Labute approximate surface area is 125 Å². The maximum atomic E-state index is 12.1. The number of benzene rings is 1. The van der Waals surface area contributed by atoms with Crippen LogP contribution in [0.1, 0.15) is 31.9 Å². The number of hydrogen-bond donors (Lipinski definition) is 1. The standard InChI is InChI=1S/C16H23NO4/c1-16(2,3)21-15(19)17-7-6-12-4-5-14(20-9-8-18)10-13(12)11-17/h4-5,10,18H,6-9,11H2,1-3H3. The molecule has 0 saturated carbocycles. The first-order chi connectivity index (χ1) is 9.89. The lowest BCUT2D eigenvalue weighted by Gasteiger charge is -2.31. The number of aliphatic hydroxyl groups excluding tert-OH is 1. The molecule has 5 heteroatoms. The largest absolute Gasteiger partial charge is 0.491 e. The summed E-state index contributed by atoms with van der Waals surface area (Å²) in [7, 11) is 0. The summed E-state index contributed by atoms with van der Waals surface area (Å²) in [5.41, 5.74) is 1.82. The van der Waals surface area contributed by atoms with E-state index < -0.39 is 5.60 Å². The van der Waals surface area contributed by atoms with E-state index in [1.165, 1.54) is 5.56 Å².